The van der Waals surface area contributed by atoms with Crippen molar-refractivity contribution in [3.05, 3.63) is 29.3 Å². The summed E-state index contributed by atoms with van der Waals surface area (Å²) in [6.07, 6.45) is 0.867. The predicted octanol–water partition coefficient (Wildman–Crippen LogP) is 3.73. The van der Waals surface area contributed by atoms with Crippen molar-refractivity contribution >= 4 is 41.7 Å². The number of thioether (sulfide) groups is 1. The van der Waals surface area contributed by atoms with Crippen LogP contribution in [0.25, 0.3) is 0 Å². The highest BCUT2D eigenvalue weighted by Gasteiger charge is 2.25. The molecule has 1 aromatic carbocycles. The fraction of sp³-hybridized carbons (Fsp3) is 0.533. The monoisotopic (exact) mass is 350 g/mol. The maximum Gasteiger partial charge on any atom is 0.230 e. The largest absolute Gasteiger partial charge is 0.349 e. The lowest BCUT2D eigenvalue weighted by atomic mass is 9.91. The summed E-state index contributed by atoms with van der Waals surface area (Å²) in [6.45, 7) is 6.68. The maximum atomic E-state index is 12.1. The molecule has 21 heavy (non-hydrogen) atoms. The van der Waals surface area contributed by atoms with E-state index in [4.69, 9.17) is 17.3 Å². The summed E-state index contributed by atoms with van der Waals surface area (Å²) in [7, 11) is 0. The third-order valence-electron chi connectivity index (χ3n) is 2.95. The molecule has 1 atom stereocenters. The van der Waals surface area contributed by atoms with Crippen molar-refractivity contribution in [1.82, 2.24) is 5.32 Å². The van der Waals surface area contributed by atoms with Crippen molar-refractivity contribution in [2.45, 2.75) is 37.6 Å². The second-order valence-electron chi connectivity index (χ2n) is 5.63. The van der Waals surface area contributed by atoms with Gasteiger partial charge in [-0.1, -0.05) is 37.6 Å². The van der Waals surface area contributed by atoms with Gasteiger partial charge < -0.3 is 11.1 Å². The number of nitrogens with two attached hydrogens (primary N) is 1. The van der Waals surface area contributed by atoms with Crippen molar-refractivity contribution in [2.75, 3.05) is 12.3 Å². The summed E-state index contributed by atoms with van der Waals surface area (Å²) in [6, 6.07) is 7.52. The summed E-state index contributed by atoms with van der Waals surface area (Å²) in [4.78, 5) is 13.0. The highest BCUT2D eigenvalue weighted by atomic mass is 35.5. The minimum Gasteiger partial charge on any atom is -0.349 e. The first-order valence-corrected chi connectivity index (χ1v) is 8.11. The van der Waals surface area contributed by atoms with Gasteiger partial charge in [0.25, 0.3) is 0 Å². The Morgan fingerprint density at radius 2 is 2.05 bits per heavy atom. The van der Waals surface area contributed by atoms with E-state index < -0.39 is 0 Å². The molecule has 0 saturated carbocycles. The van der Waals surface area contributed by atoms with Crippen LogP contribution in [0.3, 0.4) is 0 Å². The van der Waals surface area contributed by atoms with E-state index in [0.717, 1.165) is 11.3 Å². The Bertz CT molecular complexity index is 457. The second-order valence-corrected chi connectivity index (χ2v) is 7.05. The molecule has 0 fully saturated rings. The molecule has 0 radical (unpaired) electrons. The number of rotatable bonds is 7. The van der Waals surface area contributed by atoms with Crippen molar-refractivity contribution in [2.24, 2.45) is 11.7 Å². The number of carbonyl (C=O) groups is 1. The molecular weight excluding hydrogens is 327 g/mol. The molecule has 6 heteroatoms. The van der Waals surface area contributed by atoms with Gasteiger partial charge in [-0.25, -0.2) is 0 Å². The van der Waals surface area contributed by atoms with Crippen molar-refractivity contribution in [3.63, 3.8) is 0 Å². The zero-order valence-corrected chi connectivity index (χ0v) is 15.1. The average Bonchev–Trinajstić information content (AvgIpc) is 2.36. The first-order chi connectivity index (χ1) is 9.36. The van der Waals surface area contributed by atoms with Gasteiger partial charge in [0.15, 0.2) is 0 Å². The van der Waals surface area contributed by atoms with Gasteiger partial charge in [0, 0.05) is 17.0 Å². The van der Waals surface area contributed by atoms with Crippen LogP contribution in [0.1, 0.15) is 27.2 Å². The highest BCUT2D eigenvalue weighted by Crippen LogP contribution is 2.26. The average molecular weight is 351 g/mol. The van der Waals surface area contributed by atoms with Crippen molar-refractivity contribution in [3.8, 4) is 0 Å². The fourth-order valence-electron chi connectivity index (χ4n) is 2.16. The summed E-state index contributed by atoms with van der Waals surface area (Å²) in [5.74, 6) is 0.820. The smallest absolute Gasteiger partial charge is 0.230 e. The zero-order valence-electron chi connectivity index (χ0n) is 12.7. The number of hydrogen-bond acceptors (Lipinski definition) is 3. The molecule has 0 spiro atoms. The topological polar surface area (TPSA) is 55.1 Å². The first-order valence-electron chi connectivity index (χ1n) is 6.75. The number of halogens is 2. The molecule has 0 aromatic heterocycles. The lowest BCUT2D eigenvalue weighted by Gasteiger charge is -2.31. The fourth-order valence-corrected chi connectivity index (χ4v) is 3.20. The number of nitrogens with one attached hydrogen (secondary N) is 1. The Labute approximate surface area is 142 Å². The molecule has 1 unspecified atom stereocenters. The van der Waals surface area contributed by atoms with Crippen LogP contribution >= 0.6 is 35.8 Å². The summed E-state index contributed by atoms with van der Waals surface area (Å²) in [5, 5.41) is 3.71. The lowest BCUT2D eigenvalue weighted by Crippen LogP contribution is -2.52. The third-order valence-corrected chi connectivity index (χ3v) is 4.46. The van der Waals surface area contributed by atoms with Gasteiger partial charge in [0.2, 0.25) is 5.91 Å². The summed E-state index contributed by atoms with van der Waals surface area (Å²) < 4.78 is 0. The first kappa shape index (κ1) is 20.6. The van der Waals surface area contributed by atoms with Crippen LogP contribution in [0.15, 0.2) is 29.2 Å². The molecule has 3 nitrogen and oxygen atoms in total. The van der Waals surface area contributed by atoms with E-state index in [9.17, 15) is 4.79 Å². The minimum atomic E-state index is -0.341. The standard InChI is InChI=1S/C15H23ClN2OS.ClH/c1-11(2)8-15(3,10-17)18-14(19)9-20-13-7-5-4-6-12(13)16;/h4-7,11H,8-10,17H2,1-3H3,(H,18,19);1H. The van der Waals surface area contributed by atoms with E-state index in [1.807, 2.05) is 31.2 Å². The molecule has 0 heterocycles. The van der Waals surface area contributed by atoms with Crippen LogP contribution < -0.4 is 11.1 Å². The number of benzene rings is 1. The molecule has 0 aliphatic carbocycles. The minimum absolute atomic E-state index is 0. The Kier molecular flexibility index (Phi) is 9.38. The third kappa shape index (κ3) is 7.41. The molecule has 0 bridgehead atoms. The van der Waals surface area contributed by atoms with Crippen LogP contribution in [0, 0.1) is 5.92 Å². The Balaban J connectivity index is 0.00000400. The second kappa shape index (κ2) is 9.57. The quantitative estimate of drug-likeness (QED) is 0.736. The number of hydrogen-bond donors (Lipinski definition) is 2. The van der Waals surface area contributed by atoms with E-state index in [2.05, 4.69) is 19.2 Å². The van der Waals surface area contributed by atoms with E-state index >= 15 is 0 Å². The molecular formula is C15H24Cl2N2OS. The predicted molar refractivity (Wildman–Crippen MR) is 94.5 cm³/mol. The maximum absolute atomic E-state index is 12.1. The van der Waals surface area contributed by atoms with Gasteiger partial charge in [-0.3, -0.25) is 4.79 Å². The van der Waals surface area contributed by atoms with Gasteiger partial charge in [0.05, 0.1) is 10.8 Å². The van der Waals surface area contributed by atoms with E-state index in [1.165, 1.54) is 11.8 Å². The number of carbonyl (C=O) groups excluding carboxylic acids is 1. The Morgan fingerprint density at radius 1 is 1.43 bits per heavy atom. The van der Waals surface area contributed by atoms with Crippen LogP contribution in [0.4, 0.5) is 0 Å². The van der Waals surface area contributed by atoms with E-state index in [0.29, 0.717) is 23.2 Å². The molecule has 0 aliphatic heterocycles. The van der Waals surface area contributed by atoms with E-state index in [-0.39, 0.29) is 23.9 Å². The summed E-state index contributed by atoms with van der Waals surface area (Å²) >= 11 is 7.50. The molecule has 3 N–H and O–H groups in total. The number of amides is 1. The lowest BCUT2D eigenvalue weighted by molar-refractivity contribution is -0.120. The van der Waals surface area contributed by atoms with E-state index in [1.54, 1.807) is 0 Å². The van der Waals surface area contributed by atoms with Gasteiger partial charge >= 0.3 is 0 Å². The zero-order chi connectivity index (χ0) is 15.2. The van der Waals surface area contributed by atoms with Gasteiger partial charge in [-0.15, -0.1) is 24.2 Å². The van der Waals surface area contributed by atoms with Crippen LogP contribution in [0.2, 0.25) is 5.02 Å². The molecule has 1 aromatic rings. The van der Waals surface area contributed by atoms with Crippen LogP contribution in [0.5, 0.6) is 0 Å². The Morgan fingerprint density at radius 3 is 2.57 bits per heavy atom. The Hall–Kier alpha value is -0.420. The van der Waals surface area contributed by atoms with Crippen LogP contribution in [-0.4, -0.2) is 23.7 Å². The van der Waals surface area contributed by atoms with Gasteiger partial charge in [0.1, 0.15) is 0 Å². The molecule has 0 aliphatic rings. The summed E-state index contributed by atoms with van der Waals surface area (Å²) in [5.41, 5.74) is 5.45. The highest BCUT2D eigenvalue weighted by molar-refractivity contribution is 8.00. The normalized spacial score (nSPS) is 13.4. The molecule has 1 rings (SSSR count). The van der Waals surface area contributed by atoms with Crippen LogP contribution in [-0.2, 0) is 4.79 Å². The SMILES string of the molecule is CC(C)CC(C)(CN)NC(=O)CSc1ccccc1Cl.Cl. The van der Waals surface area contributed by atoms with Gasteiger partial charge in [-0.2, -0.15) is 0 Å². The van der Waals surface area contributed by atoms with Crippen molar-refractivity contribution in [1.29, 1.82) is 0 Å². The molecule has 0 saturated heterocycles. The molecule has 1 amide bonds. The molecule has 120 valence electrons. The van der Waals surface area contributed by atoms with Gasteiger partial charge in [-0.05, 0) is 31.4 Å². The van der Waals surface area contributed by atoms with Crippen molar-refractivity contribution < 1.29 is 4.79 Å².